The minimum atomic E-state index is -4.54. The predicted octanol–water partition coefficient (Wildman–Crippen LogP) is 3.17. The van der Waals surface area contributed by atoms with Gasteiger partial charge >= 0.3 is 12.1 Å². The zero-order chi connectivity index (χ0) is 21.1. The molecule has 150 valence electrons. The maximum Gasteiger partial charge on any atom is 0.416 e. The first-order valence-corrected chi connectivity index (χ1v) is 8.43. The van der Waals surface area contributed by atoms with Crippen molar-refractivity contribution in [3.8, 4) is 0 Å². The molecule has 0 radical (unpaired) electrons. The summed E-state index contributed by atoms with van der Waals surface area (Å²) in [5.74, 6) is -2.29. The molecule has 0 aliphatic rings. The number of aliphatic hydroxyl groups excluding tert-OH is 1. The van der Waals surface area contributed by atoms with Crippen molar-refractivity contribution in [2.75, 3.05) is 0 Å². The van der Waals surface area contributed by atoms with E-state index in [9.17, 15) is 33.0 Å². The van der Waals surface area contributed by atoms with E-state index in [1.807, 2.05) is 26.0 Å². The molecule has 2 aromatic carbocycles. The topological polar surface area (TPSA) is 86.6 Å². The van der Waals surface area contributed by atoms with Crippen LogP contribution in [0.1, 0.15) is 33.9 Å². The summed E-state index contributed by atoms with van der Waals surface area (Å²) >= 11 is 0. The highest BCUT2D eigenvalue weighted by molar-refractivity contribution is 5.87. The first-order chi connectivity index (χ1) is 13.0. The molecule has 2 aromatic rings. The lowest BCUT2D eigenvalue weighted by Gasteiger charge is -2.18. The number of carboxylic acids is 1. The van der Waals surface area contributed by atoms with E-state index in [0.717, 1.165) is 35.4 Å². The van der Waals surface area contributed by atoms with Gasteiger partial charge in [-0.3, -0.25) is 4.79 Å². The number of rotatable bonds is 6. The number of aliphatic hydroxyl groups is 1. The van der Waals surface area contributed by atoms with Crippen molar-refractivity contribution in [3.63, 3.8) is 0 Å². The molecular formula is C20H20F3NO4. The second-order valence-corrected chi connectivity index (χ2v) is 6.54. The first-order valence-electron chi connectivity index (χ1n) is 8.43. The fourth-order valence-corrected chi connectivity index (χ4v) is 2.62. The third-order valence-electron chi connectivity index (χ3n) is 4.43. The van der Waals surface area contributed by atoms with E-state index >= 15 is 0 Å². The highest BCUT2D eigenvalue weighted by Gasteiger charge is 2.31. The molecule has 0 saturated heterocycles. The number of hydrogen-bond acceptors (Lipinski definition) is 3. The van der Waals surface area contributed by atoms with Gasteiger partial charge in [0.15, 0.2) is 6.10 Å². The van der Waals surface area contributed by atoms with E-state index < -0.39 is 35.8 Å². The molecule has 2 rings (SSSR count). The Labute approximate surface area is 159 Å². The van der Waals surface area contributed by atoms with E-state index in [1.54, 1.807) is 6.07 Å². The molecule has 3 N–H and O–H groups in total. The van der Waals surface area contributed by atoms with Crippen LogP contribution < -0.4 is 5.32 Å². The predicted molar refractivity (Wildman–Crippen MR) is 95.6 cm³/mol. The molecule has 28 heavy (non-hydrogen) atoms. The lowest BCUT2D eigenvalue weighted by Crippen LogP contribution is -2.44. The zero-order valence-electron chi connectivity index (χ0n) is 15.2. The van der Waals surface area contributed by atoms with Gasteiger partial charge in [-0.15, -0.1) is 0 Å². The summed E-state index contributed by atoms with van der Waals surface area (Å²) in [4.78, 5) is 23.7. The van der Waals surface area contributed by atoms with Crippen molar-refractivity contribution < 1.29 is 33.0 Å². The Morgan fingerprint density at radius 1 is 1.04 bits per heavy atom. The third kappa shape index (κ3) is 5.32. The van der Waals surface area contributed by atoms with Gasteiger partial charge in [0.05, 0.1) is 5.56 Å². The smallest absolute Gasteiger partial charge is 0.416 e. The van der Waals surface area contributed by atoms with Crippen LogP contribution in [-0.2, 0) is 22.2 Å². The van der Waals surface area contributed by atoms with Crippen LogP contribution in [0, 0.1) is 13.8 Å². The third-order valence-corrected chi connectivity index (χ3v) is 4.43. The molecule has 2 atom stereocenters. The van der Waals surface area contributed by atoms with Gasteiger partial charge in [-0.25, -0.2) is 4.79 Å². The molecule has 0 bridgehead atoms. The molecule has 0 unspecified atom stereocenters. The van der Waals surface area contributed by atoms with Crippen LogP contribution in [0.25, 0.3) is 0 Å². The van der Waals surface area contributed by atoms with Gasteiger partial charge < -0.3 is 15.5 Å². The van der Waals surface area contributed by atoms with Crippen LogP contribution in [0.5, 0.6) is 0 Å². The van der Waals surface area contributed by atoms with Crippen molar-refractivity contribution in [3.05, 3.63) is 70.3 Å². The maximum atomic E-state index is 12.6. The minimum absolute atomic E-state index is 0.00191. The number of carbonyl (C=O) groups excluding carboxylic acids is 1. The largest absolute Gasteiger partial charge is 0.480 e. The lowest BCUT2D eigenvalue weighted by molar-refractivity contribution is -0.143. The standard InChI is InChI=1S/C20H20F3NO4/c1-11-3-4-13(9-12(11)2)10-16(19(27)28)24-18(26)17(25)14-5-7-15(8-6-14)20(21,22)23/h3-9,16-17,25H,10H2,1-2H3,(H,24,26)(H,27,28)/t16-,17-/m0/s1. The Hall–Kier alpha value is -2.87. The van der Waals surface area contributed by atoms with Crippen LogP contribution in [0.15, 0.2) is 42.5 Å². The zero-order valence-corrected chi connectivity index (χ0v) is 15.2. The van der Waals surface area contributed by atoms with E-state index in [0.29, 0.717) is 5.56 Å². The fourth-order valence-electron chi connectivity index (χ4n) is 2.62. The Balaban J connectivity index is 2.10. The second kappa shape index (κ2) is 8.43. The molecule has 0 fully saturated rings. The molecule has 0 aliphatic carbocycles. The van der Waals surface area contributed by atoms with E-state index in [2.05, 4.69) is 5.32 Å². The highest BCUT2D eigenvalue weighted by Crippen LogP contribution is 2.30. The van der Waals surface area contributed by atoms with Crippen molar-refractivity contribution >= 4 is 11.9 Å². The van der Waals surface area contributed by atoms with Gasteiger partial charge in [0, 0.05) is 6.42 Å². The number of amides is 1. The summed E-state index contributed by atoms with van der Waals surface area (Å²) in [7, 11) is 0. The number of carbonyl (C=O) groups is 2. The fraction of sp³-hybridized carbons (Fsp3) is 0.300. The average Bonchev–Trinajstić information content (AvgIpc) is 2.62. The Morgan fingerprint density at radius 2 is 1.64 bits per heavy atom. The normalized spacial score (nSPS) is 13.6. The Morgan fingerprint density at radius 3 is 2.14 bits per heavy atom. The number of alkyl halides is 3. The minimum Gasteiger partial charge on any atom is -0.480 e. The monoisotopic (exact) mass is 395 g/mol. The van der Waals surface area contributed by atoms with Crippen LogP contribution in [0.4, 0.5) is 13.2 Å². The van der Waals surface area contributed by atoms with Gasteiger partial charge in [-0.2, -0.15) is 13.2 Å². The first kappa shape index (κ1) is 21.4. The number of benzene rings is 2. The Bertz CT molecular complexity index is 863. The van der Waals surface area contributed by atoms with Crippen LogP contribution >= 0.6 is 0 Å². The number of carboxylic acid groups (broad SMARTS) is 1. The van der Waals surface area contributed by atoms with Crippen LogP contribution in [-0.4, -0.2) is 28.1 Å². The van der Waals surface area contributed by atoms with Crippen LogP contribution in [0.3, 0.4) is 0 Å². The molecule has 0 saturated carbocycles. The van der Waals surface area contributed by atoms with Gasteiger partial charge in [0.2, 0.25) is 0 Å². The van der Waals surface area contributed by atoms with Gasteiger partial charge in [0.25, 0.3) is 5.91 Å². The number of halogens is 3. The highest BCUT2D eigenvalue weighted by atomic mass is 19.4. The molecule has 0 aromatic heterocycles. The molecule has 0 spiro atoms. The number of nitrogens with one attached hydrogen (secondary N) is 1. The molecule has 0 heterocycles. The SMILES string of the molecule is Cc1ccc(C[C@H](NC(=O)[C@@H](O)c2ccc(C(F)(F)F)cc2)C(=O)O)cc1C. The molecule has 8 heteroatoms. The second-order valence-electron chi connectivity index (χ2n) is 6.54. The summed E-state index contributed by atoms with van der Waals surface area (Å²) < 4.78 is 37.8. The van der Waals surface area contributed by atoms with E-state index in [-0.39, 0.29) is 12.0 Å². The molecule has 0 aliphatic heterocycles. The summed E-state index contributed by atoms with van der Waals surface area (Å²) in [5.41, 5.74) is 1.72. The Kier molecular flexibility index (Phi) is 6.45. The summed E-state index contributed by atoms with van der Waals surface area (Å²) in [6, 6.07) is 7.55. The quantitative estimate of drug-likeness (QED) is 0.701. The number of aliphatic carboxylic acids is 1. The van der Waals surface area contributed by atoms with Gasteiger partial charge in [-0.05, 0) is 48.2 Å². The van der Waals surface area contributed by atoms with E-state index in [1.165, 1.54) is 0 Å². The summed E-state index contributed by atoms with van der Waals surface area (Å²) in [6.07, 6.45) is -6.32. The molecular weight excluding hydrogens is 375 g/mol. The maximum absolute atomic E-state index is 12.6. The van der Waals surface area contributed by atoms with Crippen LogP contribution in [0.2, 0.25) is 0 Å². The summed E-state index contributed by atoms with van der Waals surface area (Å²) in [5, 5.41) is 21.7. The number of hydrogen-bond donors (Lipinski definition) is 3. The van der Waals surface area contributed by atoms with Crippen molar-refractivity contribution in [2.24, 2.45) is 0 Å². The molecule has 5 nitrogen and oxygen atoms in total. The van der Waals surface area contributed by atoms with Gasteiger partial charge in [0.1, 0.15) is 6.04 Å². The lowest BCUT2D eigenvalue weighted by atomic mass is 10.0. The molecule has 1 amide bonds. The van der Waals surface area contributed by atoms with E-state index in [4.69, 9.17) is 0 Å². The van der Waals surface area contributed by atoms with Gasteiger partial charge in [-0.1, -0.05) is 30.3 Å². The van der Waals surface area contributed by atoms with Crippen molar-refractivity contribution in [2.45, 2.75) is 38.6 Å². The van der Waals surface area contributed by atoms with Crippen molar-refractivity contribution in [1.29, 1.82) is 0 Å². The average molecular weight is 395 g/mol. The van der Waals surface area contributed by atoms with Crippen molar-refractivity contribution in [1.82, 2.24) is 5.32 Å². The number of aryl methyl sites for hydroxylation is 2. The summed E-state index contributed by atoms with van der Waals surface area (Å²) in [6.45, 7) is 3.79.